The van der Waals surface area contributed by atoms with Crippen LogP contribution >= 0.6 is 23.2 Å². The van der Waals surface area contributed by atoms with E-state index in [2.05, 4.69) is 10.6 Å². The van der Waals surface area contributed by atoms with Crippen molar-refractivity contribution in [1.82, 2.24) is 10.6 Å². The largest absolute Gasteiger partial charge is 0.375 e. The Morgan fingerprint density at radius 1 is 1.50 bits per heavy atom. The Labute approximate surface area is 141 Å². The number of allylic oxidation sites excluding steroid dienone is 3. The minimum Gasteiger partial charge on any atom is -0.375 e. The van der Waals surface area contributed by atoms with Crippen molar-refractivity contribution in [2.24, 2.45) is 5.92 Å². The second-order valence-corrected chi connectivity index (χ2v) is 6.33. The normalized spacial score (nSPS) is 26.4. The van der Waals surface area contributed by atoms with E-state index >= 15 is 0 Å². The molecule has 0 radical (unpaired) electrons. The van der Waals surface area contributed by atoms with Crippen molar-refractivity contribution >= 4 is 29.1 Å². The SMILES string of the molecule is COCC(=O)NC[C@@H]1CNCCO[C@H]1C1=CC(Cl)=C(Cl)CC1. The number of carbonyl (C=O) groups excluding carboxylic acids is 1. The average Bonchev–Trinajstić information content (AvgIpc) is 2.74. The van der Waals surface area contributed by atoms with Gasteiger partial charge < -0.3 is 20.1 Å². The van der Waals surface area contributed by atoms with Crippen molar-refractivity contribution in [3.8, 4) is 0 Å². The van der Waals surface area contributed by atoms with Crippen LogP contribution in [-0.4, -0.2) is 52.0 Å². The van der Waals surface area contributed by atoms with Crippen molar-refractivity contribution in [3.63, 3.8) is 0 Å². The van der Waals surface area contributed by atoms with Crippen LogP contribution in [0.3, 0.4) is 0 Å². The average molecular weight is 349 g/mol. The van der Waals surface area contributed by atoms with Gasteiger partial charge >= 0.3 is 0 Å². The zero-order valence-electron chi connectivity index (χ0n) is 12.7. The summed E-state index contributed by atoms with van der Waals surface area (Å²) in [5, 5.41) is 7.51. The number of nitrogens with one attached hydrogen (secondary N) is 2. The van der Waals surface area contributed by atoms with Gasteiger partial charge in [0.05, 0.1) is 17.7 Å². The second-order valence-electron chi connectivity index (χ2n) is 5.46. The van der Waals surface area contributed by atoms with E-state index in [1.54, 1.807) is 0 Å². The van der Waals surface area contributed by atoms with Crippen LogP contribution < -0.4 is 10.6 Å². The highest BCUT2D eigenvalue weighted by Gasteiger charge is 2.29. The van der Waals surface area contributed by atoms with Crippen LogP contribution in [0, 0.1) is 5.92 Å². The second kappa shape index (κ2) is 8.89. The summed E-state index contributed by atoms with van der Waals surface area (Å²) in [5.74, 6) is 0.0278. The lowest BCUT2D eigenvalue weighted by molar-refractivity contribution is -0.125. The first-order valence-corrected chi connectivity index (χ1v) is 8.20. The highest BCUT2D eigenvalue weighted by molar-refractivity contribution is 6.40. The molecule has 2 N–H and O–H groups in total. The molecule has 22 heavy (non-hydrogen) atoms. The number of rotatable bonds is 5. The van der Waals surface area contributed by atoms with Crippen molar-refractivity contribution in [3.05, 3.63) is 21.7 Å². The van der Waals surface area contributed by atoms with Gasteiger partial charge in [0.2, 0.25) is 5.91 Å². The summed E-state index contributed by atoms with van der Waals surface area (Å²) < 4.78 is 10.8. The van der Waals surface area contributed by atoms with Crippen LogP contribution in [-0.2, 0) is 14.3 Å². The molecule has 0 unspecified atom stereocenters. The third-order valence-corrected chi connectivity index (χ3v) is 4.64. The van der Waals surface area contributed by atoms with E-state index in [-0.39, 0.29) is 24.5 Å². The van der Waals surface area contributed by atoms with E-state index in [0.717, 1.165) is 31.5 Å². The lowest BCUT2D eigenvalue weighted by Crippen LogP contribution is -2.41. The molecule has 1 saturated heterocycles. The highest BCUT2D eigenvalue weighted by atomic mass is 35.5. The quantitative estimate of drug-likeness (QED) is 0.794. The summed E-state index contributed by atoms with van der Waals surface area (Å²) >= 11 is 12.2. The number of halogens is 2. The summed E-state index contributed by atoms with van der Waals surface area (Å²) in [6.07, 6.45) is 3.43. The van der Waals surface area contributed by atoms with E-state index < -0.39 is 0 Å². The van der Waals surface area contributed by atoms with E-state index in [0.29, 0.717) is 23.2 Å². The molecule has 124 valence electrons. The fourth-order valence-corrected chi connectivity index (χ4v) is 3.10. The summed E-state index contributed by atoms with van der Waals surface area (Å²) in [5.41, 5.74) is 1.14. The van der Waals surface area contributed by atoms with Crippen LogP contribution in [0.15, 0.2) is 21.7 Å². The molecule has 2 aliphatic rings. The lowest BCUT2D eigenvalue weighted by Gasteiger charge is -2.29. The number of carbonyl (C=O) groups is 1. The molecule has 2 rings (SSSR count). The molecule has 0 spiro atoms. The van der Waals surface area contributed by atoms with Gasteiger partial charge in [0.15, 0.2) is 0 Å². The molecule has 0 saturated carbocycles. The van der Waals surface area contributed by atoms with Gasteiger partial charge in [-0.25, -0.2) is 0 Å². The fourth-order valence-electron chi connectivity index (χ4n) is 2.72. The Morgan fingerprint density at radius 2 is 2.32 bits per heavy atom. The molecule has 7 heteroatoms. The monoisotopic (exact) mass is 348 g/mol. The molecule has 2 atom stereocenters. The molecule has 0 aromatic carbocycles. The van der Waals surface area contributed by atoms with E-state index in [4.69, 9.17) is 32.7 Å². The fraction of sp³-hybridized carbons (Fsp3) is 0.667. The Hall–Kier alpha value is -0.590. The number of amides is 1. The zero-order valence-corrected chi connectivity index (χ0v) is 14.2. The van der Waals surface area contributed by atoms with Gasteiger partial charge in [-0.3, -0.25) is 4.79 Å². The first-order valence-electron chi connectivity index (χ1n) is 7.44. The number of ether oxygens (including phenoxy) is 2. The van der Waals surface area contributed by atoms with Crippen LogP contribution in [0.2, 0.25) is 0 Å². The maximum Gasteiger partial charge on any atom is 0.245 e. The van der Waals surface area contributed by atoms with Gasteiger partial charge in [-0.2, -0.15) is 0 Å². The van der Waals surface area contributed by atoms with Crippen molar-refractivity contribution in [2.75, 3.05) is 40.0 Å². The predicted molar refractivity (Wildman–Crippen MR) is 87.0 cm³/mol. The Balaban J connectivity index is 2.04. The molecule has 1 fully saturated rings. The molecular weight excluding hydrogens is 327 g/mol. The summed E-state index contributed by atoms with van der Waals surface area (Å²) in [6, 6.07) is 0. The molecule has 5 nitrogen and oxygen atoms in total. The van der Waals surface area contributed by atoms with Crippen molar-refractivity contribution in [2.45, 2.75) is 18.9 Å². The third kappa shape index (κ3) is 4.96. The maximum atomic E-state index is 11.6. The Bertz CT molecular complexity index is 466. The van der Waals surface area contributed by atoms with Gasteiger partial charge in [-0.05, 0) is 24.5 Å². The van der Waals surface area contributed by atoms with Crippen LogP contribution in [0.1, 0.15) is 12.8 Å². The number of methoxy groups -OCH3 is 1. The smallest absolute Gasteiger partial charge is 0.245 e. The van der Waals surface area contributed by atoms with Gasteiger partial charge in [0, 0.05) is 37.7 Å². The van der Waals surface area contributed by atoms with E-state index in [1.807, 2.05) is 6.08 Å². The minimum atomic E-state index is -0.121. The van der Waals surface area contributed by atoms with Crippen molar-refractivity contribution < 1.29 is 14.3 Å². The first-order chi connectivity index (χ1) is 10.6. The number of hydrogen-bond donors (Lipinski definition) is 2. The van der Waals surface area contributed by atoms with Gasteiger partial charge in [0.25, 0.3) is 0 Å². The zero-order chi connectivity index (χ0) is 15.9. The molecule has 0 aromatic rings. The summed E-state index contributed by atoms with van der Waals surface area (Å²) in [6.45, 7) is 2.82. The first kappa shape index (κ1) is 17.8. The Kier molecular flexibility index (Phi) is 7.18. The highest BCUT2D eigenvalue weighted by Crippen LogP contribution is 2.33. The summed E-state index contributed by atoms with van der Waals surface area (Å²) in [4.78, 5) is 11.6. The molecular formula is C15H22Cl2N2O3. The maximum absolute atomic E-state index is 11.6. The molecule has 1 aliphatic heterocycles. The van der Waals surface area contributed by atoms with Gasteiger partial charge in [0.1, 0.15) is 6.61 Å². The summed E-state index contributed by atoms with van der Waals surface area (Å²) in [7, 11) is 1.50. The van der Waals surface area contributed by atoms with Crippen LogP contribution in [0.5, 0.6) is 0 Å². The van der Waals surface area contributed by atoms with E-state index in [9.17, 15) is 4.79 Å². The molecule has 1 amide bonds. The standard InChI is InChI=1S/C15H22Cl2N2O3/c1-21-9-14(20)19-8-11-7-18-4-5-22-15(11)10-2-3-12(16)13(17)6-10/h6,11,15,18H,2-5,7-9H2,1H3,(H,19,20)/t11-,15-/m0/s1. The van der Waals surface area contributed by atoms with Crippen molar-refractivity contribution in [1.29, 1.82) is 0 Å². The van der Waals surface area contributed by atoms with E-state index in [1.165, 1.54) is 7.11 Å². The third-order valence-electron chi connectivity index (χ3n) is 3.82. The lowest BCUT2D eigenvalue weighted by atomic mass is 9.90. The van der Waals surface area contributed by atoms with Gasteiger partial charge in [-0.15, -0.1) is 0 Å². The molecule has 1 heterocycles. The minimum absolute atomic E-state index is 0.0589. The van der Waals surface area contributed by atoms with Crippen LogP contribution in [0.4, 0.5) is 0 Å². The molecule has 0 aromatic heterocycles. The predicted octanol–water partition coefficient (Wildman–Crippen LogP) is 1.76. The molecule has 1 aliphatic carbocycles. The van der Waals surface area contributed by atoms with Gasteiger partial charge in [-0.1, -0.05) is 23.2 Å². The molecule has 0 bridgehead atoms. The number of hydrogen-bond acceptors (Lipinski definition) is 4. The van der Waals surface area contributed by atoms with Crippen LogP contribution in [0.25, 0.3) is 0 Å². The Morgan fingerprint density at radius 3 is 3.05 bits per heavy atom. The topological polar surface area (TPSA) is 59.6 Å².